The van der Waals surface area contributed by atoms with E-state index in [1.54, 1.807) is 33.7 Å². The van der Waals surface area contributed by atoms with Gasteiger partial charge in [0.1, 0.15) is 11.2 Å². The van der Waals surface area contributed by atoms with Crippen LogP contribution in [0.3, 0.4) is 0 Å². The zero-order chi connectivity index (χ0) is 20.7. The van der Waals surface area contributed by atoms with E-state index in [4.69, 9.17) is 23.2 Å². The van der Waals surface area contributed by atoms with Crippen molar-refractivity contribution in [3.8, 4) is 0 Å². The fourth-order valence-electron chi connectivity index (χ4n) is 3.07. The highest BCUT2D eigenvalue weighted by molar-refractivity contribution is 8.03. The van der Waals surface area contributed by atoms with Gasteiger partial charge in [-0.1, -0.05) is 46.3 Å². The summed E-state index contributed by atoms with van der Waals surface area (Å²) in [6.45, 7) is -0.469. The molecule has 1 aromatic heterocycles. The number of nitrogens with zero attached hydrogens (tertiary/aromatic N) is 2. The number of carboxylic acid groups (broad SMARTS) is 2. The Morgan fingerprint density at radius 3 is 2.52 bits per heavy atom. The van der Waals surface area contributed by atoms with Crippen LogP contribution in [0, 0.1) is 0 Å². The second-order valence-corrected chi connectivity index (χ2v) is 9.21. The summed E-state index contributed by atoms with van der Waals surface area (Å²) in [5.41, 5.74) is 1.43. The minimum absolute atomic E-state index is 0.234. The van der Waals surface area contributed by atoms with Crippen molar-refractivity contribution >= 4 is 80.2 Å². The number of anilines is 1. The number of thiazole rings is 1. The Hall–Kier alpha value is -2.26. The van der Waals surface area contributed by atoms with Crippen LogP contribution in [-0.2, 0) is 16.1 Å². The number of carbonyl (C=O) groups is 2. The molecule has 1 aliphatic heterocycles. The molecule has 6 nitrogen and oxygen atoms in total. The highest BCUT2D eigenvalue weighted by Gasteiger charge is 2.30. The zero-order valence-electron chi connectivity index (χ0n) is 14.6. The van der Waals surface area contributed by atoms with Crippen molar-refractivity contribution in [1.29, 1.82) is 0 Å². The Bertz CT molecular complexity index is 1190. The number of fused-ring (bicyclic) bond motifs is 2. The van der Waals surface area contributed by atoms with Crippen molar-refractivity contribution < 1.29 is 24.4 Å². The van der Waals surface area contributed by atoms with Crippen LogP contribution in [0.25, 0.3) is 16.3 Å². The fraction of sp³-hybridized carbons (Fsp3) is 0.105. The summed E-state index contributed by atoms with van der Waals surface area (Å²) in [7, 11) is 0. The molecule has 0 saturated carbocycles. The van der Waals surface area contributed by atoms with Gasteiger partial charge in [0.15, 0.2) is 0 Å². The van der Waals surface area contributed by atoms with Crippen molar-refractivity contribution in [2.75, 3.05) is 11.4 Å². The first-order valence-corrected chi connectivity index (χ1v) is 10.7. The number of hydrogen-bond donors (Lipinski definition) is 2. The third-order valence-electron chi connectivity index (χ3n) is 4.22. The first-order valence-electron chi connectivity index (χ1n) is 8.34. The van der Waals surface area contributed by atoms with Gasteiger partial charge < -0.3 is 15.1 Å². The normalized spacial score (nSPS) is 14.6. The molecule has 0 radical (unpaired) electrons. The second-order valence-electron chi connectivity index (χ2n) is 6.21. The minimum Gasteiger partial charge on any atom is -0.480 e. The lowest BCUT2D eigenvalue weighted by Gasteiger charge is -2.17. The Kier molecular flexibility index (Phi) is 5.44. The number of aromatic nitrogens is 1. The van der Waals surface area contributed by atoms with E-state index < -0.39 is 11.9 Å². The SMILES string of the molecule is O=C(O)CN1C(=Cc2sc3ccc(Cl)cc3[n+]2CC(=O)O)Sc2ccc(Cl)cc21. The van der Waals surface area contributed by atoms with Crippen LogP contribution in [0.1, 0.15) is 5.01 Å². The van der Waals surface area contributed by atoms with Crippen molar-refractivity contribution in [2.24, 2.45) is 0 Å². The summed E-state index contributed by atoms with van der Waals surface area (Å²) < 4.78 is 2.55. The molecule has 0 saturated heterocycles. The van der Waals surface area contributed by atoms with E-state index in [1.807, 2.05) is 18.2 Å². The number of aliphatic carboxylic acids is 2. The Balaban J connectivity index is 1.85. The molecular weight excluding hydrogens is 455 g/mol. The maximum absolute atomic E-state index is 11.4. The number of hydrogen-bond acceptors (Lipinski definition) is 5. The molecule has 0 amide bonds. The topological polar surface area (TPSA) is 81.7 Å². The predicted molar refractivity (Wildman–Crippen MR) is 115 cm³/mol. The monoisotopic (exact) mass is 467 g/mol. The lowest BCUT2D eigenvalue weighted by atomic mass is 10.3. The quantitative estimate of drug-likeness (QED) is 0.534. The van der Waals surface area contributed by atoms with Gasteiger partial charge in [-0.15, -0.1) is 0 Å². The molecule has 2 heterocycles. The highest BCUT2D eigenvalue weighted by atomic mass is 35.5. The van der Waals surface area contributed by atoms with Crippen LogP contribution in [0.4, 0.5) is 5.69 Å². The molecule has 0 atom stereocenters. The van der Waals surface area contributed by atoms with E-state index in [9.17, 15) is 19.8 Å². The molecule has 0 bridgehead atoms. The predicted octanol–water partition coefficient (Wildman–Crippen LogP) is 4.58. The molecular formula is C19H13Cl2N2O4S2+. The summed E-state index contributed by atoms with van der Waals surface area (Å²) in [4.78, 5) is 25.4. The van der Waals surface area contributed by atoms with Gasteiger partial charge in [-0.25, -0.2) is 4.79 Å². The van der Waals surface area contributed by atoms with Crippen molar-refractivity contribution in [1.82, 2.24) is 0 Å². The first kappa shape index (κ1) is 20.0. The average Bonchev–Trinajstić information content (AvgIpc) is 3.13. The van der Waals surface area contributed by atoms with Crippen LogP contribution >= 0.6 is 46.3 Å². The third-order valence-corrected chi connectivity index (χ3v) is 6.91. The number of carboxylic acids is 2. The molecule has 1 aliphatic rings. The van der Waals surface area contributed by atoms with Crippen molar-refractivity contribution in [3.63, 3.8) is 0 Å². The van der Waals surface area contributed by atoms with Gasteiger partial charge in [-0.05, 0) is 30.3 Å². The van der Waals surface area contributed by atoms with Gasteiger partial charge in [0.2, 0.25) is 12.1 Å². The maximum Gasteiger partial charge on any atom is 0.370 e. The van der Waals surface area contributed by atoms with Crippen LogP contribution in [-0.4, -0.2) is 28.7 Å². The number of thioether (sulfide) groups is 1. The van der Waals surface area contributed by atoms with E-state index >= 15 is 0 Å². The van der Waals surface area contributed by atoms with Crippen LogP contribution in [0.15, 0.2) is 46.3 Å². The molecule has 4 rings (SSSR count). The molecule has 29 heavy (non-hydrogen) atoms. The summed E-state index contributed by atoms with van der Waals surface area (Å²) in [5.74, 6) is -1.96. The maximum atomic E-state index is 11.4. The van der Waals surface area contributed by atoms with E-state index in [0.29, 0.717) is 31.3 Å². The van der Waals surface area contributed by atoms with E-state index in [0.717, 1.165) is 9.60 Å². The van der Waals surface area contributed by atoms with Crippen molar-refractivity contribution in [3.05, 3.63) is 56.5 Å². The van der Waals surface area contributed by atoms with Gasteiger partial charge in [0, 0.05) is 21.0 Å². The van der Waals surface area contributed by atoms with E-state index in [-0.39, 0.29) is 13.1 Å². The summed E-state index contributed by atoms with van der Waals surface area (Å²) in [6, 6.07) is 10.6. The molecule has 148 valence electrons. The molecule has 2 aromatic carbocycles. The zero-order valence-corrected chi connectivity index (χ0v) is 17.8. The van der Waals surface area contributed by atoms with Crippen LogP contribution in [0.5, 0.6) is 0 Å². The summed E-state index contributed by atoms with van der Waals surface area (Å²) in [5, 5.41) is 21.1. The smallest absolute Gasteiger partial charge is 0.370 e. The Morgan fingerprint density at radius 2 is 1.79 bits per heavy atom. The summed E-state index contributed by atoms with van der Waals surface area (Å²) in [6.07, 6.45) is 1.81. The molecule has 2 N–H and O–H groups in total. The van der Waals surface area contributed by atoms with Gasteiger partial charge in [-0.3, -0.25) is 4.79 Å². The molecule has 0 unspecified atom stereocenters. The van der Waals surface area contributed by atoms with Gasteiger partial charge in [0.25, 0.3) is 5.01 Å². The van der Waals surface area contributed by atoms with Crippen LogP contribution in [0.2, 0.25) is 10.0 Å². The first-order chi connectivity index (χ1) is 13.8. The molecule has 10 heteroatoms. The fourth-order valence-corrected chi connectivity index (χ4v) is 5.63. The number of halogens is 2. The highest BCUT2D eigenvalue weighted by Crippen LogP contribution is 2.47. The Labute approximate surface area is 183 Å². The molecule has 3 aromatic rings. The molecule has 0 spiro atoms. The largest absolute Gasteiger partial charge is 0.480 e. The lowest BCUT2D eigenvalue weighted by Crippen LogP contribution is -2.39. The lowest BCUT2D eigenvalue weighted by molar-refractivity contribution is -0.657. The Morgan fingerprint density at radius 1 is 1.07 bits per heavy atom. The van der Waals surface area contributed by atoms with Crippen LogP contribution < -0.4 is 9.47 Å². The second kappa shape index (κ2) is 7.87. The molecule has 0 fully saturated rings. The van der Waals surface area contributed by atoms with Crippen molar-refractivity contribution in [2.45, 2.75) is 11.4 Å². The number of benzene rings is 2. The minimum atomic E-state index is -0.981. The average molecular weight is 468 g/mol. The van der Waals surface area contributed by atoms with E-state index in [1.165, 1.54) is 23.1 Å². The summed E-state index contributed by atoms with van der Waals surface area (Å²) >= 11 is 15.0. The number of rotatable bonds is 5. The van der Waals surface area contributed by atoms with Gasteiger partial charge in [0.05, 0.1) is 16.8 Å². The van der Waals surface area contributed by atoms with Gasteiger partial charge >= 0.3 is 11.9 Å². The third kappa shape index (κ3) is 4.06. The van der Waals surface area contributed by atoms with Gasteiger partial charge in [-0.2, -0.15) is 4.57 Å². The molecule has 0 aliphatic carbocycles. The standard InChI is InChI=1S/C19H12Cl2N2O4S2/c20-10-1-3-14-12(5-10)22(8-18(24)25)16(28-14)7-17-23(9-19(26)27)13-6-11(21)2-4-15(13)29-17/h1-7H,8-9H2,(H-,24,25,26,27)/p+1. The van der Waals surface area contributed by atoms with E-state index in [2.05, 4.69) is 0 Å².